The maximum absolute atomic E-state index is 14.4. The van der Waals surface area contributed by atoms with Crippen molar-refractivity contribution in [1.82, 2.24) is 4.90 Å². The second-order valence-corrected chi connectivity index (χ2v) is 21.5. The molecule has 14 heteroatoms. The van der Waals surface area contributed by atoms with Gasteiger partial charge in [-0.05, 0) is 83.5 Å². The summed E-state index contributed by atoms with van der Waals surface area (Å²) in [5.41, 5.74) is 0. The van der Waals surface area contributed by atoms with Crippen LogP contribution in [0.15, 0.2) is 0 Å². The third-order valence-corrected chi connectivity index (χ3v) is 14.2. The molecule has 0 radical (unpaired) electrons. The second kappa shape index (κ2) is 61.7. The Kier molecular flexibility index (Phi) is 60.2. The van der Waals surface area contributed by atoms with Crippen molar-refractivity contribution in [3.05, 3.63) is 0 Å². The molecule has 0 aliphatic carbocycles. The molecule has 1 amide bonds. The third kappa shape index (κ3) is 53.2. The minimum atomic E-state index is -0.755. The number of carbonyl (C=O) groups excluding carboxylic acids is 3. The van der Waals surface area contributed by atoms with Crippen molar-refractivity contribution in [3.8, 4) is 0 Å². The van der Waals surface area contributed by atoms with Gasteiger partial charge in [-0.25, -0.2) is 5.90 Å². The highest BCUT2D eigenvalue weighted by Crippen LogP contribution is 2.20. The van der Waals surface area contributed by atoms with Crippen molar-refractivity contribution in [2.75, 3.05) is 92.4 Å². The van der Waals surface area contributed by atoms with Crippen LogP contribution in [0.25, 0.3) is 0 Å². The Bertz CT molecular complexity index is 1230. The van der Waals surface area contributed by atoms with Crippen molar-refractivity contribution >= 4 is 17.8 Å². The van der Waals surface area contributed by atoms with E-state index in [0.29, 0.717) is 98.6 Å². The average molecular weight is 1100 g/mol. The van der Waals surface area contributed by atoms with E-state index in [4.69, 9.17) is 43.8 Å². The van der Waals surface area contributed by atoms with Gasteiger partial charge >= 0.3 is 11.9 Å². The molecule has 458 valence electrons. The van der Waals surface area contributed by atoms with Crippen LogP contribution in [-0.2, 0) is 57.1 Å². The Labute approximate surface area is 473 Å². The lowest BCUT2D eigenvalue weighted by Gasteiger charge is -2.28. The fourth-order valence-electron chi connectivity index (χ4n) is 9.38. The molecule has 0 saturated carbocycles. The maximum Gasteiger partial charge on any atom is 0.306 e. The smallest absolute Gasteiger partial charge is 0.306 e. The van der Waals surface area contributed by atoms with E-state index in [9.17, 15) is 14.4 Å². The molecule has 3 unspecified atom stereocenters. The molecule has 0 fully saturated rings. The summed E-state index contributed by atoms with van der Waals surface area (Å²) in [6, 6.07) is 0. The topological polar surface area (TPSA) is 164 Å². The number of hydrogen-bond donors (Lipinski definition) is 1. The first-order valence-corrected chi connectivity index (χ1v) is 32.4. The Morgan fingerprint density at radius 1 is 0.351 bits per heavy atom. The Morgan fingerprint density at radius 2 is 0.701 bits per heavy atom. The molecule has 77 heavy (non-hydrogen) atoms. The molecular formula is C63H124N2O12. The number of nitrogens with zero attached hydrogens (tertiary/aromatic N) is 1. The molecule has 0 bridgehead atoms. The van der Waals surface area contributed by atoms with Crippen LogP contribution in [0, 0.1) is 0 Å². The van der Waals surface area contributed by atoms with Crippen molar-refractivity contribution in [3.63, 3.8) is 0 Å². The van der Waals surface area contributed by atoms with E-state index >= 15 is 0 Å². The number of nitrogens with two attached hydrogens (primary N) is 1. The van der Waals surface area contributed by atoms with Gasteiger partial charge in [0.1, 0.15) is 12.2 Å². The summed E-state index contributed by atoms with van der Waals surface area (Å²) in [4.78, 5) is 46.8. The molecule has 0 heterocycles. The van der Waals surface area contributed by atoms with Gasteiger partial charge in [0.15, 0.2) is 6.10 Å². The van der Waals surface area contributed by atoms with E-state index in [-0.39, 0.29) is 36.7 Å². The lowest BCUT2D eigenvalue weighted by molar-refractivity contribution is -0.151. The summed E-state index contributed by atoms with van der Waals surface area (Å²) in [7, 11) is 0. The van der Waals surface area contributed by atoms with Crippen LogP contribution in [0.4, 0.5) is 0 Å². The third-order valence-electron chi connectivity index (χ3n) is 14.2. The zero-order chi connectivity index (χ0) is 56.2. The predicted octanol–water partition coefficient (Wildman–Crippen LogP) is 14.9. The minimum Gasteiger partial charge on any atom is -0.462 e. The summed E-state index contributed by atoms with van der Waals surface area (Å²) in [5, 5.41) is 0. The predicted molar refractivity (Wildman–Crippen MR) is 314 cm³/mol. The van der Waals surface area contributed by atoms with Crippen LogP contribution in [0.5, 0.6) is 0 Å². The molecule has 0 aromatic heterocycles. The fraction of sp³-hybridized carbons (Fsp3) is 0.952. The molecule has 0 aromatic rings. The molecule has 0 aromatic carbocycles. The molecule has 0 spiro atoms. The Morgan fingerprint density at radius 3 is 1.13 bits per heavy atom. The Hall–Kier alpha value is -1.91. The van der Waals surface area contributed by atoms with Crippen LogP contribution >= 0.6 is 0 Å². The quantitative estimate of drug-likeness (QED) is 0.0348. The van der Waals surface area contributed by atoms with Crippen LogP contribution in [0.1, 0.15) is 279 Å². The van der Waals surface area contributed by atoms with Gasteiger partial charge < -0.3 is 47.6 Å². The SMILES string of the molecule is CCCCCCCCC(CCCCCC)OC(=O)CCCCCOCC(OCCCCCC(=O)OC(CCCCCC)CCCCCCCC)C(=O)N(CCCCCCCC)CCOCCOCCOCCOCCON. The molecule has 3 atom stereocenters. The van der Waals surface area contributed by atoms with Crippen LogP contribution in [0.3, 0.4) is 0 Å². The largest absolute Gasteiger partial charge is 0.462 e. The fourth-order valence-corrected chi connectivity index (χ4v) is 9.38. The Balaban J connectivity index is 5.43. The normalized spacial score (nSPS) is 12.8. The zero-order valence-electron chi connectivity index (χ0n) is 50.9. The van der Waals surface area contributed by atoms with Gasteiger partial charge in [-0.2, -0.15) is 0 Å². The van der Waals surface area contributed by atoms with Gasteiger partial charge in [0.25, 0.3) is 5.91 Å². The average Bonchev–Trinajstić information content (AvgIpc) is 3.42. The number of carbonyl (C=O) groups is 3. The van der Waals surface area contributed by atoms with E-state index in [0.717, 1.165) is 109 Å². The lowest BCUT2D eigenvalue weighted by atomic mass is 10.0. The summed E-state index contributed by atoms with van der Waals surface area (Å²) in [6.07, 6.45) is 39.6. The molecule has 2 N–H and O–H groups in total. The highest BCUT2D eigenvalue weighted by Gasteiger charge is 2.26. The summed E-state index contributed by atoms with van der Waals surface area (Å²) in [6.45, 7) is 17.1. The van der Waals surface area contributed by atoms with Gasteiger partial charge in [0, 0.05) is 39.1 Å². The molecule has 0 rings (SSSR count). The van der Waals surface area contributed by atoms with Crippen molar-refractivity contribution in [2.24, 2.45) is 5.90 Å². The van der Waals surface area contributed by atoms with Crippen molar-refractivity contribution < 1.29 is 57.1 Å². The van der Waals surface area contributed by atoms with Gasteiger partial charge in [-0.3, -0.25) is 14.4 Å². The number of hydrogen-bond acceptors (Lipinski definition) is 13. The molecule has 0 aliphatic heterocycles. The summed E-state index contributed by atoms with van der Waals surface area (Å²) in [5.74, 6) is 4.75. The number of amides is 1. The first kappa shape index (κ1) is 75.1. The monoisotopic (exact) mass is 1100 g/mol. The standard InChI is InChI=1S/C63H124N2O12/c1-6-11-16-21-24-31-40-58(38-29-19-14-9-4)76-61(66)42-33-27-36-46-73-57-60(74-47-37-28-34-43-62(67)77-59(39-30-20-15-10-5)41-32-25-22-17-12-7-2)63(68)65(44-35-26-23-18-13-8-3)45-48-69-49-50-70-51-52-71-53-54-72-55-56-75-64/h58-60H,6-57,64H2,1-5H3. The summed E-state index contributed by atoms with van der Waals surface area (Å²) < 4.78 is 47.2. The van der Waals surface area contributed by atoms with Crippen LogP contribution in [0.2, 0.25) is 0 Å². The molecule has 0 saturated heterocycles. The van der Waals surface area contributed by atoms with Gasteiger partial charge in [0.05, 0.1) is 66.1 Å². The van der Waals surface area contributed by atoms with Gasteiger partial charge in [-0.15, -0.1) is 0 Å². The van der Waals surface area contributed by atoms with E-state index in [1.165, 1.54) is 122 Å². The molecule has 0 aliphatic rings. The number of esters is 2. The molecule has 14 nitrogen and oxygen atoms in total. The van der Waals surface area contributed by atoms with Crippen LogP contribution in [-0.4, -0.2) is 133 Å². The first-order chi connectivity index (χ1) is 37.9. The van der Waals surface area contributed by atoms with Crippen LogP contribution < -0.4 is 5.90 Å². The minimum absolute atomic E-state index is 0.0162. The van der Waals surface area contributed by atoms with E-state index in [1.807, 2.05) is 4.90 Å². The number of ether oxygens (including phenoxy) is 8. The number of rotatable bonds is 64. The molecular weight excluding hydrogens is 977 g/mol. The van der Waals surface area contributed by atoms with Crippen molar-refractivity contribution in [1.29, 1.82) is 0 Å². The maximum atomic E-state index is 14.4. The first-order valence-electron chi connectivity index (χ1n) is 32.4. The van der Waals surface area contributed by atoms with E-state index in [2.05, 4.69) is 39.5 Å². The number of unbranched alkanes of at least 4 members (excludes halogenated alkanes) is 25. The summed E-state index contributed by atoms with van der Waals surface area (Å²) >= 11 is 0. The van der Waals surface area contributed by atoms with E-state index in [1.54, 1.807) is 0 Å². The van der Waals surface area contributed by atoms with E-state index < -0.39 is 6.10 Å². The van der Waals surface area contributed by atoms with Crippen molar-refractivity contribution in [2.45, 2.75) is 297 Å². The lowest BCUT2D eigenvalue weighted by Crippen LogP contribution is -2.45. The highest BCUT2D eigenvalue weighted by atomic mass is 16.6. The second-order valence-electron chi connectivity index (χ2n) is 21.5. The van der Waals surface area contributed by atoms with Gasteiger partial charge in [-0.1, -0.05) is 182 Å². The van der Waals surface area contributed by atoms with Gasteiger partial charge in [0.2, 0.25) is 0 Å². The highest BCUT2D eigenvalue weighted by molar-refractivity contribution is 5.81. The zero-order valence-corrected chi connectivity index (χ0v) is 50.9.